The molecule has 4 aliphatic rings. The lowest BCUT2D eigenvalue weighted by Gasteiger charge is -2.59. The maximum absolute atomic E-state index is 4.29. The molecule has 1 aromatic heterocycles. The molecule has 3 nitrogen and oxygen atoms in total. The Morgan fingerprint density at radius 2 is 1.86 bits per heavy atom. The fourth-order valence-electron chi connectivity index (χ4n) is 5.96. The van der Waals surface area contributed by atoms with Crippen molar-refractivity contribution < 1.29 is 0 Å². The van der Waals surface area contributed by atoms with Gasteiger partial charge in [0.2, 0.25) is 0 Å². The summed E-state index contributed by atoms with van der Waals surface area (Å²) >= 11 is 0. The second-order valence-corrected chi connectivity index (χ2v) is 8.05. The third-order valence-corrected chi connectivity index (χ3v) is 6.73. The van der Waals surface area contributed by atoms with Crippen molar-refractivity contribution in [2.24, 2.45) is 23.2 Å². The number of aryl methyl sites for hydroxylation is 1. The summed E-state index contributed by atoms with van der Waals surface area (Å²) in [6, 6.07) is 0.645. The summed E-state index contributed by atoms with van der Waals surface area (Å²) in [7, 11) is 0. The van der Waals surface area contributed by atoms with Crippen molar-refractivity contribution in [2.45, 2.75) is 71.5 Å². The van der Waals surface area contributed by atoms with E-state index < -0.39 is 0 Å². The molecule has 0 aliphatic heterocycles. The van der Waals surface area contributed by atoms with Crippen LogP contribution in [0.1, 0.15) is 58.1 Å². The molecule has 1 aromatic rings. The summed E-state index contributed by atoms with van der Waals surface area (Å²) in [5.41, 5.74) is 1.93. The first-order valence-electron chi connectivity index (χ1n) is 8.91. The molecule has 1 N–H and O–H groups in total. The highest BCUT2D eigenvalue weighted by Gasteiger charge is 2.52. The molecule has 4 saturated carbocycles. The second-order valence-electron chi connectivity index (χ2n) is 8.05. The molecule has 116 valence electrons. The standard InChI is InChI=1S/C18H29N3/c1-3-21-12-19-10-17(21)11-20-13(2)18-7-14-4-15(8-18)6-16(5-14)9-18/h10,12-16,20H,3-9,11H2,1-2H3. The van der Waals surface area contributed by atoms with Crippen LogP contribution < -0.4 is 5.32 Å². The zero-order valence-corrected chi connectivity index (χ0v) is 13.5. The minimum atomic E-state index is 0.603. The molecule has 1 unspecified atom stereocenters. The van der Waals surface area contributed by atoms with Gasteiger partial charge in [-0.2, -0.15) is 0 Å². The van der Waals surface area contributed by atoms with Crippen LogP contribution in [0, 0.1) is 23.2 Å². The highest BCUT2D eigenvalue weighted by atomic mass is 15.1. The quantitative estimate of drug-likeness (QED) is 0.897. The van der Waals surface area contributed by atoms with E-state index in [9.17, 15) is 0 Å². The maximum atomic E-state index is 4.29. The molecule has 4 aliphatic carbocycles. The zero-order valence-electron chi connectivity index (χ0n) is 13.5. The smallest absolute Gasteiger partial charge is 0.0948 e. The summed E-state index contributed by atoms with van der Waals surface area (Å²) in [4.78, 5) is 4.29. The molecule has 21 heavy (non-hydrogen) atoms. The van der Waals surface area contributed by atoms with Gasteiger partial charge in [0.05, 0.1) is 12.0 Å². The van der Waals surface area contributed by atoms with E-state index in [0.717, 1.165) is 30.8 Å². The summed E-state index contributed by atoms with van der Waals surface area (Å²) in [5.74, 6) is 3.13. The van der Waals surface area contributed by atoms with E-state index in [4.69, 9.17) is 0 Å². The zero-order chi connectivity index (χ0) is 14.4. The van der Waals surface area contributed by atoms with Crippen LogP contribution in [0.4, 0.5) is 0 Å². The van der Waals surface area contributed by atoms with Gasteiger partial charge in [-0.1, -0.05) is 0 Å². The number of rotatable bonds is 5. The minimum Gasteiger partial charge on any atom is -0.334 e. The van der Waals surface area contributed by atoms with Crippen molar-refractivity contribution in [3.8, 4) is 0 Å². The van der Waals surface area contributed by atoms with Crippen LogP contribution in [0.2, 0.25) is 0 Å². The monoisotopic (exact) mass is 287 g/mol. The van der Waals surface area contributed by atoms with Gasteiger partial charge in [-0.25, -0.2) is 4.98 Å². The van der Waals surface area contributed by atoms with Gasteiger partial charge in [0.1, 0.15) is 0 Å². The normalized spacial score (nSPS) is 38.9. The fraction of sp³-hybridized carbons (Fsp3) is 0.833. The molecular formula is C18H29N3. The van der Waals surface area contributed by atoms with Gasteiger partial charge in [0, 0.05) is 25.3 Å². The average molecular weight is 287 g/mol. The van der Waals surface area contributed by atoms with Crippen molar-refractivity contribution in [1.29, 1.82) is 0 Å². The number of hydrogen-bond donors (Lipinski definition) is 1. The van der Waals surface area contributed by atoms with Gasteiger partial charge in [0.25, 0.3) is 0 Å². The lowest BCUT2D eigenvalue weighted by Crippen LogP contribution is -2.54. The van der Waals surface area contributed by atoms with Gasteiger partial charge in [-0.15, -0.1) is 0 Å². The molecule has 0 spiro atoms. The molecule has 0 aromatic carbocycles. The lowest BCUT2D eigenvalue weighted by atomic mass is 9.48. The molecule has 4 bridgehead atoms. The van der Waals surface area contributed by atoms with Crippen LogP contribution >= 0.6 is 0 Å². The predicted octanol–water partition coefficient (Wildman–Crippen LogP) is 3.60. The highest BCUT2D eigenvalue weighted by molar-refractivity contribution is 5.06. The van der Waals surface area contributed by atoms with Crippen molar-refractivity contribution >= 4 is 0 Å². The van der Waals surface area contributed by atoms with Crippen LogP contribution in [0.15, 0.2) is 12.5 Å². The SMILES string of the molecule is CCn1cncc1CNC(C)C12CC3CC(CC(C3)C1)C2. The lowest BCUT2D eigenvalue weighted by molar-refractivity contribution is -0.0707. The van der Waals surface area contributed by atoms with E-state index in [0.29, 0.717) is 11.5 Å². The summed E-state index contributed by atoms with van der Waals surface area (Å²) < 4.78 is 2.25. The average Bonchev–Trinajstić information content (AvgIpc) is 2.90. The summed E-state index contributed by atoms with van der Waals surface area (Å²) in [6.45, 7) is 6.62. The number of aromatic nitrogens is 2. The van der Waals surface area contributed by atoms with Crippen LogP contribution in [-0.2, 0) is 13.1 Å². The van der Waals surface area contributed by atoms with E-state index in [2.05, 4.69) is 28.7 Å². The van der Waals surface area contributed by atoms with Gasteiger partial charge in [-0.05, 0) is 75.5 Å². The van der Waals surface area contributed by atoms with Gasteiger partial charge in [-0.3, -0.25) is 0 Å². The minimum absolute atomic E-state index is 0.603. The van der Waals surface area contributed by atoms with E-state index >= 15 is 0 Å². The molecule has 0 radical (unpaired) electrons. The van der Waals surface area contributed by atoms with Crippen LogP contribution in [-0.4, -0.2) is 15.6 Å². The predicted molar refractivity (Wildman–Crippen MR) is 84.8 cm³/mol. The number of hydrogen-bond acceptors (Lipinski definition) is 2. The highest BCUT2D eigenvalue weighted by Crippen LogP contribution is 2.61. The molecule has 5 rings (SSSR count). The van der Waals surface area contributed by atoms with Crippen molar-refractivity contribution in [3.05, 3.63) is 18.2 Å². The van der Waals surface area contributed by atoms with Crippen molar-refractivity contribution in [3.63, 3.8) is 0 Å². The van der Waals surface area contributed by atoms with E-state index in [-0.39, 0.29) is 0 Å². The summed E-state index contributed by atoms with van der Waals surface area (Å²) in [6.07, 6.45) is 13.0. The maximum Gasteiger partial charge on any atom is 0.0948 e. The Labute approximate surface area is 128 Å². The largest absolute Gasteiger partial charge is 0.334 e. The molecule has 4 fully saturated rings. The van der Waals surface area contributed by atoms with E-state index in [1.54, 1.807) is 0 Å². The Balaban J connectivity index is 1.44. The van der Waals surface area contributed by atoms with Crippen LogP contribution in [0.3, 0.4) is 0 Å². The van der Waals surface area contributed by atoms with Gasteiger partial charge < -0.3 is 9.88 Å². The Kier molecular flexibility index (Phi) is 3.36. The first kappa shape index (κ1) is 13.8. The first-order valence-corrected chi connectivity index (χ1v) is 8.91. The Morgan fingerprint density at radius 3 is 2.43 bits per heavy atom. The van der Waals surface area contributed by atoms with Gasteiger partial charge in [0.15, 0.2) is 0 Å². The second kappa shape index (κ2) is 5.12. The molecule has 1 heterocycles. The molecule has 3 heteroatoms. The van der Waals surface area contributed by atoms with E-state index in [1.807, 2.05) is 12.5 Å². The number of nitrogens with one attached hydrogen (secondary N) is 1. The Bertz CT molecular complexity index is 469. The third kappa shape index (κ3) is 2.34. The number of nitrogens with zero attached hydrogens (tertiary/aromatic N) is 2. The van der Waals surface area contributed by atoms with Gasteiger partial charge >= 0.3 is 0 Å². The topological polar surface area (TPSA) is 29.9 Å². The Hall–Kier alpha value is -0.830. The third-order valence-electron chi connectivity index (χ3n) is 6.73. The van der Waals surface area contributed by atoms with Crippen molar-refractivity contribution in [1.82, 2.24) is 14.9 Å². The van der Waals surface area contributed by atoms with E-state index in [1.165, 1.54) is 44.2 Å². The summed E-state index contributed by atoms with van der Waals surface area (Å²) in [5, 5.41) is 3.86. The Morgan fingerprint density at radius 1 is 1.24 bits per heavy atom. The fourth-order valence-corrected chi connectivity index (χ4v) is 5.96. The van der Waals surface area contributed by atoms with Crippen LogP contribution in [0.25, 0.3) is 0 Å². The first-order chi connectivity index (χ1) is 10.2. The molecule has 1 atom stereocenters. The van der Waals surface area contributed by atoms with Crippen LogP contribution in [0.5, 0.6) is 0 Å². The number of imidazole rings is 1. The van der Waals surface area contributed by atoms with Crippen molar-refractivity contribution in [2.75, 3.05) is 0 Å². The molecular weight excluding hydrogens is 258 g/mol. The molecule has 0 saturated heterocycles. The molecule has 0 amide bonds.